The van der Waals surface area contributed by atoms with Crippen LogP contribution >= 0.6 is 0 Å². The van der Waals surface area contributed by atoms with Crippen molar-refractivity contribution < 1.29 is 4.79 Å². The molecule has 2 atom stereocenters. The number of carbonyl (C=O) groups is 1. The number of hydrogen-bond donors (Lipinski definition) is 1. The molecule has 2 unspecified atom stereocenters. The predicted octanol–water partition coefficient (Wildman–Crippen LogP) is 3.01. The third-order valence-electron chi connectivity index (χ3n) is 6.02. The second kappa shape index (κ2) is 4.76. The third-order valence-corrected chi connectivity index (χ3v) is 6.02. The molecule has 0 radical (unpaired) electrons. The molecule has 1 aliphatic heterocycles. The molecule has 3 heteroatoms. The summed E-state index contributed by atoms with van der Waals surface area (Å²) in [5, 5.41) is 3.51. The zero-order chi connectivity index (χ0) is 14.4. The van der Waals surface area contributed by atoms with Gasteiger partial charge in [0.1, 0.15) is 0 Å². The van der Waals surface area contributed by atoms with Crippen molar-refractivity contribution in [1.29, 1.82) is 0 Å². The van der Waals surface area contributed by atoms with Crippen LogP contribution < -0.4 is 5.32 Å². The van der Waals surface area contributed by atoms with E-state index in [1.807, 2.05) is 0 Å². The minimum Gasteiger partial charge on any atom is -0.325 e. The zero-order valence-corrected chi connectivity index (χ0v) is 13.4. The molecule has 0 aromatic heterocycles. The van der Waals surface area contributed by atoms with Crippen LogP contribution in [0.4, 0.5) is 0 Å². The summed E-state index contributed by atoms with van der Waals surface area (Å²) >= 11 is 0. The number of amides is 1. The van der Waals surface area contributed by atoms with Crippen molar-refractivity contribution in [3.63, 3.8) is 0 Å². The van der Waals surface area contributed by atoms with Crippen LogP contribution in [0.5, 0.6) is 0 Å². The molecule has 1 saturated carbocycles. The Balaban J connectivity index is 2.07. The summed E-state index contributed by atoms with van der Waals surface area (Å²) in [6.07, 6.45) is 3.34. The normalized spacial score (nSPS) is 32.9. The first-order chi connectivity index (χ1) is 8.77. The van der Waals surface area contributed by atoms with Gasteiger partial charge in [0.2, 0.25) is 5.91 Å². The molecule has 2 aliphatic rings. The van der Waals surface area contributed by atoms with Gasteiger partial charge in [-0.15, -0.1) is 0 Å². The summed E-state index contributed by atoms with van der Waals surface area (Å²) in [5.41, 5.74) is 0.711. The first-order valence-electron chi connectivity index (χ1n) is 7.83. The number of hydrogen-bond acceptors (Lipinski definition) is 2. The summed E-state index contributed by atoms with van der Waals surface area (Å²) in [7, 11) is 0. The van der Waals surface area contributed by atoms with Crippen molar-refractivity contribution in [2.24, 2.45) is 16.7 Å². The van der Waals surface area contributed by atoms with Crippen molar-refractivity contribution in [3.05, 3.63) is 0 Å². The zero-order valence-electron chi connectivity index (χ0n) is 13.4. The van der Waals surface area contributed by atoms with Gasteiger partial charge in [-0.1, -0.05) is 48.0 Å². The summed E-state index contributed by atoms with van der Waals surface area (Å²) in [4.78, 5) is 14.6. The summed E-state index contributed by atoms with van der Waals surface area (Å²) in [6, 6.07) is 0.0431. The van der Waals surface area contributed by atoms with Gasteiger partial charge in [0.05, 0.1) is 12.2 Å². The second-order valence-corrected chi connectivity index (χ2v) is 7.42. The fourth-order valence-electron chi connectivity index (χ4n) is 3.76. The van der Waals surface area contributed by atoms with Crippen LogP contribution in [0.15, 0.2) is 0 Å². The van der Waals surface area contributed by atoms with Gasteiger partial charge in [0.25, 0.3) is 0 Å². The second-order valence-electron chi connectivity index (χ2n) is 7.42. The van der Waals surface area contributed by atoms with Crippen LogP contribution in [0, 0.1) is 16.7 Å². The van der Waals surface area contributed by atoms with Gasteiger partial charge in [0, 0.05) is 6.54 Å². The lowest BCUT2D eigenvalue weighted by Crippen LogP contribution is -2.39. The van der Waals surface area contributed by atoms with E-state index in [2.05, 4.69) is 51.8 Å². The molecule has 0 aromatic carbocycles. The minimum atomic E-state index is 0.0431. The average Bonchev–Trinajstić information content (AvgIpc) is 2.60. The largest absolute Gasteiger partial charge is 0.325 e. The van der Waals surface area contributed by atoms with Crippen molar-refractivity contribution in [2.75, 3.05) is 6.54 Å². The van der Waals surface area contributed by atoms with Gasteiger partial charge in [-0.25, -0.2) is 0 Å². The number of nitrogens with one attached hydrogen (secondary N) is 1. The smallest absolute Gasteiger partial charge is 0.241 e. The van der Waals surface area contributed by atoms with E-state index < -0.39 is 0 Å². The Morgan fingerprint density at radius 3 is 2.16 bits per heavy atom. The standard InChI is InChI=1S/C16H30N2O/c1-7-9-13-17-11(8-2)14(19)18(13)10-12-15(3,4)16(12,5)6/h11-13,17H,7-10H2,1-6H3. The Morgan fingerprint density at radius 1 is 1.16 bits per heavy atom. The lowest BCUT2D eigenvalue weighted by atomic mass is 10.0. The molecule has 1 saturated heterocycles. The molecule has 2 fully saturated rings. The van der Waals surface area contributed by atoms with E-state index in [0.717, 1.165) is 25.8 Å². The maximum Gasteiger partial charge on any atom is 0.241 e. The van der Waals surface area contributed by atoms with Crippen molar-refractivity contribution in [3.8, 4) is 0 Å². The molecule has 0 spiro atoms. The Kier molecular flexibility index (Phi) is 3.72. The average molecular weight is 266 g/mol. The fourth-order valence-corrected chi connectivity index (χ4v) is 3.76. The van der Waals surface area contributed by atoms with E-state index in [0.29, 0.717) is 22.7 Å². The Hall–Kier alpha value is -0.570. The van der Waals surface area contributed by atoms with Crippen LogP contribution in [0.1, 0.15) is 60.8 Å². The van der Waals surface area contributed by atoms with Crippen LogP contribution in [0.25, 0.3) is 0 Å². The highest BCUT2D eigenvalue weighted by Gasteiger charge is 2.65. The van der Waals surface area contributed by atoms with Crippen LogP contribution in [0.3, 0.4) is 0 Å². The molecule has 1 amide bonds. The lowest BCUT2D eigenvalue weighted by molar-refractivity contribution is -0.130. The molecular weight excluding hydrogens is 236 g/mol. The quantitative estimate of drug-likeness (QED) is 0.829. The van der Waals surface area contributed by atoms with Crippen molar-refractivity contribution in [2.45, 2.75) is 73.0 Å². The molecule has 0 aromatic rings. The van der Waals surface area contributed by atoms with Crippen LogP contribution in [-0.4, -0.2) is 29.6 Å². The molecule has 2 rings (SSSR count). The molecule has 3 nitrogen and oxygen atoms in total. The van der Waals surface area contributed by atoms with E-state index in [-0.39, 0.29) is 12.2 Å². The first kappa shape index (κ1) is 14.8. The number of carbonyl (C=O) groups excluding carboxylic acids is 1. The molecule has 1 heterocycles. The van der Waals surface area contributed by atoms with Crippen molar-refractivity contribution >= 4 is 5.91 Å². The molecule has 1 aliphatic carbocycles. The van der Waals surface area contributed by atoms with E-state index in [4.69, 9.17) is 0 Å². The van der Waals surface area contributed by atoms with Gasteiger partial charge in [-0.05, 0) is 29.6 Å². The van der Waals surface area contributed by atoms with Crippen LogP contribution in [0.2, 0.25) is 0 Å². The van der Waals surface area contributed by atoms with E-state index in [1.165, 1.54) is 0 Å². The Bertz CT molecular complexity index is 348. The molecule has 110 valence electrons. The molecular formula is C16H30N2O. The Morgan fingerprint density at radius 2 is 1.74 bits per heavy atom. The van der Waals surface area contributed by atoms with Crippen molar-refractivity contribution in [1.82, 2.24) is 10.2 Å². The monoisotopic (exact) mass is 266 g/mol. The summed E-state index contributed by atoms with van der Waals surface area (Å²) in [6.45, 7) is 14.5. The highest BCUT2D eigenvalue weighted by Crippen LogP contribution is 2.68. The SMILES string of the molecule is CCCC1NC(CC)C(=O)N1CC1C(C)(C)C1(C)C. The highest BCUT2D eigenvalue weighted by atomic mass is 16.2. The fraction of sp³-hybridized carbons (Fsp3) is 0.938. The van der Waals surface area contributed by atoms with E-state index in [1.54, 1.807) is 0 Å². The lowest BCUT2D eigenvalue weighted by Gasteiger charge is -2.25. The molecule has 19 heavy (non-hydrogen) atoms. The predicted molar refractivity (Wildman–Crippen MR) is 78.7 cm³/mol. The number of rotatable bonds is 5. The first-order valence-corrected chi connectivity index (χ1v) is 7.83. The van der Waals surface area contributed by atoms with Gasteiger partial charge < -0.3 is 4.90 Å². The summed E-state index contributed by atoms with van der Waals surface area (Å²) < 4.78 is 0. The maximum absolute atomic E-state index is 12.5. The maximum atomic E-state index is 12.5. The van der Waals surface area contributed by atoms with E-state index in [9.17, 15) is 4.79 Å². The van der Waals surface area contributed by atoms with E-state index >= 15 is 0 Å². The highest BCUT2D eigenvalue weighted by molar-refractivity contribution is 5.84. The Labute approximate surface area is 118 Å². The minimum absolute atomic E-state index is 0.0431. The number of nitrogens with zero attached hydrogens (tertiary/aromatic N) is 1. The molecule has 1 N–H and O–H groups in total. The van der Waals surface area contributed by atoms with Gasteiger partial charge >= 0.3 is 0 Å². The third kappa shape index (κ3) is 2.20. The summed E-state index contributed by atoms with van der Waals surface area (Å²) in [5.74, 6) is 0.945. The van der Waals surface area contributed by atoms with Gasteiger partial charge in [-0.3, -0.25) is 10.1 Å². The van der Waals surface area contributed by atoms with Gasteiger partial charge in [-0.2, -0.15) is 0 Å². The molecule has 0 bridgehead atoms. The van der Waals surface area contributed by atoms with Crippen LogP contribution in [-0.2, 0) is 4.79 Å². The van der Waals surface area contributed by atoms with Gasteiger partial charge in [0.15, 0.2) is 0 Å². The topological polar surface area (TPSA) is 32.3 Å².